The van der Waals surface area contributed by atoms with Gasteiger partial charge in [0, 0.05) is 31.4 Å². The summed E-state index contributed by atoms with van der Waals surface area (Å²) in [6.45, 7) is 0.152. The maximum atomic E-state index is 2.54. The Morgan fingerprint density at radius 1 is 0.408 bits per heavy atom. The van der Waals surface area contributed by atoms with Crippen molar-refractivity contribution in [3.05, 3.63) is 164 Å². The van der Waals surface area contributed by atoms with Crippen LogP contribution in [0.2, 0.25) is 0 Å². The Kier molecular flexibility index (Phi) is 5.95. The summed E-state index contributed by atoms with van der Waals surface area (Å²) < 4.78 is 0. The van der Waals surface area contributed by atoms with Gasteiger partial charge in [-0.25, -0.2) is 0 Å². The van der Waals surface area contributed by atoms with Crippen molar-refractivity contribution < 1.29 is 0 Å². The van der Waals surface area contributed by atoms with Crippen molar-refractivity contribution in [2.45, 2.75) is 19.6 Å². The van der Waals surface area contributed by atoms with E-state index >= 15 is 0 Å². The van der Waals surface area contributed by atoms with E-state index in [-0.39, 0.29) is 6.71 Å². The van der Waals surface area contributed by atoms with Gasteiger partial charge in [0.2, 0.25) is 6.71 Å². The molecule has 0 saturated heterocycles. The van der Waals surface area contributed by atoms with Crippen LogP contribution in [0.1, 0.15) is 0 Å². The van der Waals surface area contributed by atoms with Crippen molar-refractivity contribution in [3.63, 3.8) is 0 Å². The van der Waals surface area contributed by atoms with E-state index in [9.17, 15) is 0 Å². The van der Waals surface area contributed by atoms with E-state index < -0.39 is 0 Å². The van der Waals surface area contributed by atoms with Crippen molar-refractivity contribution in [1.82, 2.24) is 0 Å². The van der Waals surface area contributed by atoms with Gasteiger partial charge in [0.05, 0.1) is 27.6 Å². The second-order valence-electron chi connectivity index (χ2n) is 12.9. The predicted molar refractivity (Wildman–Crippen MR) is 210 cm³/mol. The number of nitrogens with zero attached hydrogens (tertiary/aromatic N) is 2. The van der Waals surface area contributed by atoms with Crippen LogP contribution >= 0.6 is 23.5 Å². The van der Waals surface area contributed by atoms with Crippen LogP contribution in [0.4, 0.5) is 34.1 Å². The molecule has 0 N–H and O–H groups in total. The molecule has 3 heterocycles. The van der Waals surface area contributed by atoms with Gasteiger partial charge in [0.25, 0.3) is 0 Å². The average Bonchev–Trinajstić information content (AvgIpc) is 3.16. The molecule has 5 heteroatoms. The summed E-state index contributed by atoms with van der Waals surface area (Å²) in [6, 6.07) is 60.6. The largest absolute Gasteiger partial charge is 0.310 e. The van der Waals surface area contributed by atoms with Crippen molar-refractivity contribution in [2.75, 3.05) is 9.80 Å². The predicted octanol–water partition coefficient (Wildman–Crippen LogP) is 10.7. The smallest absolute Gasteiger partial charge is 0.249 e. The van der Waals surface area contributed by atoms with Crippen LogP contribution in [0, 0.1) is 0 Å². The van der Waals surface area contributed by atoms with Crippen molar-refractivity contribution in [1.29, 1.82) is 0 Å². The first-order valence-corrected chi connectivity index (χ1v) is 18.4. The third-order valence-corrected chi connectivity index (χ3v) is 12.5. The first-order valence-electron chi connectivity index (χ1n) is 16.7. The lowest BCUT2D eigenvalue weighted by Gasteiger charge is -2.44. The minimum absolute atomic E-state index is 0.152. The standard InChI is InChI=1S/C44H27BN2S2/c1-2-16-31(17-3-1)46-36-20-8-6-18-33(36)45-34-19-7-10-23-39(34)48-41-27-38-44(43(46)42(41)45)49-40-24-11-9-21-37(40)47(38)35-22-12-15-30-25-28-13-4-5-14-29(28)26-32(30)35/h1-27H. The first kappa shape index (κ1) is 27.6. The van der Waals surface area contributed by atoms with E-state index in [0.717, 1.165) is 0 Å². The minimum atomic E-state index is 0.152. The number of benzene rings is 8. The molecule has 0 amide bonds. The van der Waals surface area contributed by atoms with Gasteiger partial charge in [0.15, 0.2) is 0 Å². The Balaban J connectivity index is 1.26. The zero-order valence-corrected chi connectivity index (χ0v) is 28.0. The Morgan fingerprint density at radius 3 is 1.92 bits per heavy atom. The number of fused-ring (bicyclic) bond motifs is 9. The molecular weight excluding hydrogens is 631 g/mol. The summed E-state index contributed by atoms with van der Waals surface area (Å²) in [5.74, 6) is 0. The molecule has 0 aromatic heterocycles. The van der Waals surface area contributed by atoms with Crippen LogP contribution in [-0.4, -0.2) is 6.71 Å². The van der Waals surface area contributed by atoms with Gasteiger partial charge in [-0.3, -0.25) is 0 Å². The van der Waals surface area contributed by atoms with Crippen molar-refractivity contribution in [3.8, 4) is 0 Å². The highest BCUT2D eigenvalue weighted by Gasteiger charge is 2.44. The molecule has 0 atom stereocenters. The molecule has 0 unspecified atom stereocenters. The number of hydrogen-bond acceptors (Lipinski definition) is 4. The van der Waals surface area contributed by atoms with Gasteiger partial charge in [-0.1, -0.05) is 132 Å². The molecule has 49 heavy (non-hydrogen) atoms. The van der Waals surface area contributed by atoms with E-state index in [1.54, 1.807) is 0 Å². The molecular formula is C44H27BN2S2. The Morgan fingerprint density at radius 2 is 1.06 bits per heavy atom. The lowest BCUT2D eigenvalue weighted by atomic mass is 9.35. The monoisotopic (exact) mass is 658 g/mol. The summed E-state index contributed by atoms with van der Waals surface area (Å²) in [7, 11) is 0. The summed E-state index contributed by atoms with van der Waals surface area (Å²) in [4.78, 5) is 10.3. The normalized spacial score (nSPS) is 13.8. The maximum Gasteiger partial charge on any atom is 0.249 e. The number of hydrogen-bond donors (Lipinski definition) is 0. The Labute approximate surface area is 294 Å². The van der Waals surface area contributed by atoms with Gasteiger partial charge in [-0.05, 0) is 87.7 Å². The Bertz CT molecular complexity index is 2650. The fourth-order valence-electron chi connectivity index (χ4n) is 8.16. The fourth-order valence-corrected chi connectivity index (χ4v) is 10.5. The van der Waals surface area contributed by atoms with Crippen LogP contribution in [0.15, 0.2) is 183 Å². The van der Waals surface area contributed by atoms with Crippen molar-refractivity contribution in [2.24, 2.45) is 0 Å². The van der Waals surface area contributed by atoms with E-state index in [4.69, 9.17) is 0 Å². The third-order valence-electron chi connectivity index (χ3n) is 10.2. The second kappa shape index (κ2) is 10.6. The number of para-hydroxylation sites is 3. The van der Waals surface area contributed by atoms with Gasteiger partial charge < -0.3 is 9.80 Å². The Hall–Kier alpha value is -5.36. The number of rotatable bonds is 2. The van der Waals surface area contributed by atoms with E-state index in [1.165, 1.54) is 91.6 Å². The van der Waals surface area contributed by atoms with E-state index in [2.05, 4.69) is 174 Å². The highest BCUT2D eigenvalue weighted by Crippen LogP contribution is 2.58. The summed E-state index contributed by atoms with van der Waals surface area (Å²) in [5, 5.41) is 5.01. The molecule has 0 saturated carbocycles. The average molecular weight is 659 g/mol. The van der Waals surface area contributed by atoms with Crippen LogP contribution in [0.5, 0.6) is 0 Å². The molecule has 228 valence electrons. The summed E-state index contributed by atoms with van der Waals surface area (Å²) in [6.07, 6.45) is 0. The summed E-state index contributed by atoms with van der Waals surface area (Å²) >= 11 is 3.83. The molecule has 0 aliphatic carbocycles. The molecule has 0 radical (unpaired) electrons. The molecule has 3 aliphatic heterocycles. The van der Waals surface area contributed by atoms with E-state index in [1.807, 2.05) is 23.5 Å². The maximum absolute atomic E-state index is 2.54. The lowest BCUT2D eigenvalue weighted by Crippen LogP contribution is -2.60. The first-order chi connectivity index (χ1) is 24.3. The highest BCUT2D eigenvalue weighted by atomic mass is 32.2. The van der Waals surface area contributed by atoms with E-state index in [0.29, 0.717) is 0 Å². The summed E-state index contributed by atoms with van der Waals surface area (Å²) in [5.41, 5.74) is 11.5. The second-order valence-corrected chi connectivity index (χ2v) is 15.0. The van der Waals surface area contributed by atoms with Gasteiger partial charge in [-0.2, -0.15) is 0 Å². The fraction of sp³-hybridized carbons (Fsp3) is 0. The van der Waals surface area contributed by atoms with Crippen LogP contribution in [0.25, 0.3) is 21.5 Å². The molecule has 8 aromatic carbocycles. The molecule has 3 aliphatic rings. The SMILES string of the molecule is c1ccc(N2c3ccccc3B3c4ccccc4Sc4cc5c(c2c43)Sc2ccccc2N5c2cccc3cc4ccccc4cc23)cc1. The topological polar surface area (TPSA) is 6.48 Å². The molecule has 0 bridgehead atoms. The third kappa shape index (κ3) is 4.00. The van der Waals surface area contributed by atoms with Gasteiger partial charge in [-0.15, -0.1) is 0 Å². The molecule has 0 spiro atoms. The molecule has 8 aromatic rings. The minimum Gasteiger partial charge on any atom is -0.310 e. The molecule has 0 fully saturated rings. The zero-order chi connectivity index (χ0) is 32.1. The lowest BCUT2D eigenvalue weighted by molar-refractivity contribution is 1.13. The number of anilines is 6. The molecule has 11 rings (SSSR count). The van der Waals surface area contributed by atoms with Crippen molar-refractivity contribution >= 4 is 102 Å². The highest BCUT2D eigenvalue weighted by molar-refractivity contribution is 8.00. The van der Waals surface area contributed by atoms with Crippen LogP contribution < -0.4 is 26.2 Å². The van der Waals surface area contributed by atoms with Gasteiger partial charge in [0.1, 0.15) is 0 Å². The van der Waals surface area contributed by atoms with Crippen LogP contribution in [0.3, 0.4) is 0 Å². The molecule has 2 nitrogen and oxygen atoms in total. The van der Waals surface area contributed by atoms with Gasteiger partial charge >= 0.3 is 0 Å². The van der Waals surface area contributed by atoms with Crippen LogP contribution in [-0.2, 0) is 0 Å². The quantitative estimate of drug-likeness (QED) is 0.135. The zero-order valence-electron chi connectivity index (χ0n) is 26.4.